The molecule has 0 aliphatic rings. The number of halogens is 1. The fourth-order valence-electron chi connectivity index (χ4n) is 3.01. The van der Waals surface area contributed by atoms with E-state index in [1.54, 1.807) is 6.92 Å². The Labute approximate surface area is 165 Å². The molecule has 0 aliphatic carbocycles. The summed E-state index contributed by atoms with van der Waals surface area (Å²) in [5.74, 6) is 1.09. The lowest BCUT2D eigenvalue weighted by Gasteiger charge is -2.24. The average Bonchev–Trinajstić information content (AvgIpc) is 2.68. The highest BCUT2D eigenvalue weighted by Crippen LogP contribution is 2.57. The normalized spacial score (nSPS) is 11.5. The van der Waals surface area contributed by atoms with Crippen LogP contribution in [0.4, 0.5) is 0 Å². The fraction of sp³-hybridized carbons (Fsp3) is 0.0455. The van der Waals surface area contributed by atoms with E-state index in [-0.39, 0.29) is 17.0 Å². The summed E-state index contributed by atoms with van der Waals surface area (Å²) >= 11 is 0. The van der Waals surface area contributed by atoms with E-state index in [1.807, 2.05) is 60.4 Å². The van der Waals surface area contributed by atoms with E-state index in [4.69, 9.17) is 0 Å². The smallest absolute Gasteiger partial charge is 0.334 e. The number of carboxylic acids is 1. The van der Waals surface area contributed by atoms with E-state index in [2.05, 4.69) is 36.4 Å². The zero-order valence-corrected chi connectivity index (χ0v) is 16.9. The van der Waals surface area contributed by atoms with Crippen LogP contribution in [0.1, 0.15) is 6.92 Å². The van der Waals surface area contributed by atoms with E-state index < -0.39 is 13.2 Å². The zero-order chi connectivity index (χ0) is 17.7. The number of carbonyl (C=O) groups is 1. The topological polar surface area (TPSA) is 37.3 Å². The van der Waals surface area contributed by atoms with Crippen LogP contribution in [0.3, 0.4) is 0 Å². The van der Waals surface area contributed by atoms with Crippen molar-refractivity contribution in [3.05, 3.63) is 102 Å². The van der Waals surface area contributed by atoms with Crippen LogP contribution >= 0.6 is 7.26 Å². The van der Waals surface area contributed by atoms with Crippen LogP contribution in [0.5, 0.6) is 0 Å². The monoisotopic (exact) mass is 426 g/mol. The number of carboxylic acid groups (broad SMARTS) is 1. The van der Waals surface area contributed by atoms with Crippen molar-refractivity contribution in [2.24, 2.45) is 0 Å². The molecule has 0 heterocycles. The minimum atomic E-state index is -2.21. The summed E-state index contributed by atoms with van der Waals surface area (Å²) in [4.78, 5) is 11.6. The first kappa shape index (κ1) is 20.1. The molecule has 0 atom stereocenters. The molecular weight excluding hydrogens is 407 g/mol. The van der Waals surface area contributed by atoms with E-state index in [1.165, 1.54) is 0 Å². The third-order valence-electron chi connectivity index (χ3n) is 4.22. The molecule has 0 aromatic heterocycles. The molecule has 0 saturated heterocycles. The molecule has 26 heavy (non-hydrogen) atoms. The molecule has 0 saturated carbocycles. The van der Waals surface area contributed by atoms with Gasteiger partial charge in [-0.05, 0) is 43.3 Å². The second kappa shape index (κ2) is 8.93. The summed E-state index contributed by atoms with van der Waals surface area (Å²) < 4.78 is 0. The van der Waals surface area contributed by atoms with Gasteiger partial charge in [-0.1, -0.05) is 54.6 Å². The summed E-state index contributed by atoms with van der Waals surface area (Å²) in [7, 11) is -2.21. The van der Waals surface area contributed by atoms with Crippen LogP contribution in [0.2, 0.25) is 0 Å². The number of hydrogen-bond acceptors (Lipinski definition) is 1. The first-order chi connectivity index (χ1) is 12.1. The molecule has 2 nitrogen and oxygen atoms in total. The summed E-state index contributed by atoms with van der Waals surface area (Å²) in [6.07, 6.45) is 0. The maximum atomic E-state index is 11.6. The summed E-state index contributed by atoms with van der Waals surface area (Å²) in [5, 5.41) is 13.0. The van der Waals surface area contributed by atoms with Crippen molar-refractivity contribution in [1.82, 2.24) is 0 Å². The van der Waals surface area contributed by atoms with Gasteiger partial charge in [0.05, 0.1) is 11.4 Å². The zero-order valence-electron chi connectivity index (χ0n) is 14.4. The van der Waals surface area contributed by atoms with Gasteiger partial charge in [0, 0.05) is 0 Å². The molecule has 1 N–H and O–H groups in total. The van der Waals surface area contributed by atoms with Crippen LogP contribution in [0.15, 0.2) is 102 Å². The van der Waals surface area contributed by atoms with Crippen LogP contribution < -0.4 is 32.9 Å². The quantitative estimate of drug-likeness (QED) is 0.487. The molecule has 0 spiro atoms. The Morgan fingerprint density at radius 2 is 1.04 bits per heavy atom. The number of aliphatic carboxylic acids is 1. The van der Waals surface area contributed by atoms with Crippen molar-refractivity contribution in [1.29, 1.82) is 0 Å². The highest BCUT2D eigenvalue weighted by atomic mass is 79.9. The largest absolute Gasteiger partial charge is 1.00 e. The fourth-order valence-corrected chi connectivity index (χ4v) is 6.97. The van der Waals surface area contributed by atoms with Gasteiger partial charge in [0.1, 0.15) is 23.2 Å². The second-order valence-corrected chi connectivity index (χ2v) is 9.10. The summed E-state index contributed by atoms with van der Waals surface area (Å²) in [5.41, 5.74) is 0.366. The first-order valence-electron chi connectivity index (χ1n) is 8.13. The van der Waals surface area contributed by atoms with Crippen molar-refractivity contribution < 1.29 is 26.9 Å². The number of hydrogen-bond donors (Lipinski definition) is 1. The van der Waals surface area contributed by atoms with E-state index >= 15 is 0 Å². The highest BCUT2D eigenvalue weighted by molar-refractivity contribution is 7.98. The Kier molecular flexibility index (Phi) is 6.90. The lowest BCUT2D eigenvalue weighted by molar-refractivity contribution is -0.132. The molecule has 3 aromatic rings. The predicted molar refractivity (Wildman–Crippen MR) is 107 cm³/mol. The second-order valence-electron chi connectivity index (χ2n) is 5.85. The lowest BCUT2D eigenvalue weighted by Crippen LogP contribution is -3.00. The van der Waals surface area contributed by atoms with Crippen molar-refractivity contribution in [2.45, 2.75) is 6.92 Å². The SMILES string of the molecule is C/C(=C\[P+](c1ccccc1)(c1ccccc1)c1ccccc1)C(=O)O.[Br-]. The van der Waals surface area contributed by atoms with Crippen molar-refractivity contribution in [2.75, 3.05) is 0 Å². The Hall–Kier alpha value is -2.22. The molecule has 4 heteroatoms. The minimum Gasteiger partial charge on any atom is -1.00 e. The Bertz CT molecular complexity index is 781. The summed E-state index contributed by atoms with van der Waals surface area (Å²) in [6, 6.07) is 30.6. The molecule has 0 radical (unpaired) electrons. The third-order valence-corrected chi connectivity index (χ3v) is 8.33. The highest BCUT2D eigenvalue weighted by Gasteiger charge is 2.44. The Morgan fingerprint density at radius 1 is 0.731 bits per heavy atom. The van der Waals surface area contributed by atoms with Crippen molar-refractivity contribution in [3.63, 3.8) is 0 Å². The lowest BCUT2D eigenvalue weighted by atomic mass is 10.3. The Morgan fingerprint density at radius 3 is 1.31 bits per heavy atom. The van der Waals surface area contributed by atoms with Gasteiger partial charge in [-0.2, -0.15) is 0 Å². The Balaban J connectivity index is 0.00000243. The van der Waals surface area contributed by atoms with Gasteiger partial charge in [-0.25, -0.2) is 4.79 Å². The molecule has 0 amide bonds. The first-order valence-corrected chi connectivity index (χ1v) is 9.99. The molecule has 0 bridgehead atoms. The van der Waals surface area contributed by atoms with Gasteiger partial charge in [0.2, 0.25) is 0 Å². The van der Waals surface area contributed by atoms with Gasteiger partial charge in [-0.15, -0.1) is 0 Å². The molecule has 132 valence electrons. The number of rotatable bonds is 5. The standard InChI is InChI=1S/C22H19O2P.BrH/c1-18(22(23)24)17-25(19-11-5-2-6-12-19,20-13-7-3-8-14-20)21-15-9-4-10-16-21;/h2-17H,1H3;1H/b18-17+;. The summed E-state index contributed by atoms with van der Waals surface area (Å²) in [6.45, 7) is 1.67. The molecular formula is C22H20BrO2P. The van der Waals surface area contributed by atoms with Crippen molar-refractivity contribution >= 4 is 29.1 Å². The van der Waals surface area contributed by atoms with Gasteiger partial charge >= 0.3 is 5.97 Å². The van der Waals surface area contributed by atoms with Gasteiger partial charge in [-0.3, -0.25) is 0 Å². The maximum Gasteiger partial charge on any atom is 0.334 e. The maximum absolute atomic E-state index is 11.6. The van der Waals surface area contributed by atoms with E-state index in [0.29, 0.717) is 5.57 Å². The van der Waals surface area contributed by atoms with E-state index in [9.17, 15) is 9.90 Å². The van der Waals surface area contributed by atoms with Gasteiger partial charge < -0.3 is 22.1 Å². The van der Waals surface area contributed by atoms with Crippen LogP contribution in [0, 0.1) is 0 Å². The molecule has 3 aromatic carbocycles. The predicted octanol–water partition coefficient (Wildman–Crippen LogP) is 0.973. The third kappa shape index (κ3) is 3.95. The van der Waals surface area contributed by atoms with Crippen LogP contribution in [-0.4, -0.2) is 11.1 Å². The number of benzene rings is 3. The molecule has 0 aliphatic heterocycles. The molecule has 3 rings (SSSR count). The molecule has 0 unspecified atom stereocenters. The minimum absolute atomic E-state index is 0. The van der Waals surface area contributed by atoms with Gasteiger partial charge in [0.25, 0.3) is 0 Å². The van der Waals surface area contributed by atoms with Crippen LogP contribution in [-0.2, 0) is 4.79 Å². The molecule has 0 fully saturated rings. The van der Waals surface area contributed by atoms with Gasteiger partial charge in [0.15, 0.2) is 0 Å². The van der Waals surface area contributed by atoms with Crippen LogP contribution in [0.25, 0.3) is 0 Å². The van der Waals surface area contributed by atoms with E-state index in [0.717, 1.165) is 15.9 Å². The average molecular weight is 427 g/mol. The van der Waals surface area contributed by atoms with Crippen molar-refractivity contribution in [3.8, 4) is 0 Å².